The molecule has 3 aromatic rings. The van der Waals surface area contributed by atoms with Crippen LogP contribution in [0.1, 0.15) is 106 Å². The van der Waals surface area contributed by atoms with Crippen LogP contribution in [0.4, 0.5) is 5.82 Å². The van der Waals surface area contributed by atoms with Crippen molar-refractivity contribution in [1.82, 2.24) is 4.98 Å². The van der Waals surface area contributed by atoms with Crippen molar-refractivity contribution in [3.05, 3.63) is 83.0 Å². The van der Waals surface area contributed by atoms with Gasteiger partial charge in [0.15, 0.2) is 11.5 Å². The Morgan fingerprint density at radius 1 is 1.00 bits per heavy atom. The third-order valence-electron chi connectivity index (χ3n) is 11.6. The number of nitrogens with zero attached hydrogens (tertiary/aromatic N) is 1. The average Bonchev–Trinajstić information content (AvgIpc) is 3.47. The van der Waals surface area contributed by atoms with E-state index in [1.54, 1.807) is 12.3 Å². The predicted molar refractivity (Wildman–Crippen MR) is 190 cm³/mol. The van der Waals surface area contributed by atoms with Gasteiger partial charge in [-0.2, -0.15) is 0 Å². The minimum absolute atomic E-state index is 0.0321. The number of pyridine rings is 1. The summed E-state index contributed by atoms with van der Waals surface area (Å²) in [7, 11) is 1.53. The van der Waals surface area contributed by atoms with Gasteiger partial charge < -0.3 is 15.6 Å². The number of phenolic OH excluding ortho intramolecular Hbond substituents is 1. The molecule has 5 atom stereocenters. The van der Waals surface area contributed by atoms with Crippen LogP contribution in [-0.2, 0) is 22.4 Å². The quantitative estimate of drug-likeness (QED) is 0.198. The average molecular weight is 647 g/mol. The Morgan fingerprint density at radius 2 is 1.79 bits per heavy atom. The summed E-state index contributed by atoms with van der Waals surface area (Å²) in [4.78, 5) is 32.1. The molecule has 1 heterocycles. The van der Waals surface area contributed by atoms with Crippen LogP contribution < -0.4 is 10.5 Å². The molecule has 0 bridgehead atoms. The Bertz CT molecular complexity index is 1670. The first kappa shape index (κ1) is 33.8. The Morgan fingerprint density at radius 3 is 2.52 bits per heavy atom. The normalized spacial score (nSPS) is 25.8. The van der Waals surface area contributed by atoms with E-state index in [0.717, 1.165) is 48.8 Å². The molecule has 3 N–H and O–H groups in total. The Balaban J connectivity index is 1.48. The Kier molecular flexibility index (Phi) is 10.5. The van der Waals surface area contributed by atoms with Gasteiger partial charge in [0.1, 0.15) is 17.4 Å². The van der Waals surface area contributed by atoms with E-state index in [1.165, 1.54) is 44.8 Å². The largest absolute Gasteiger partial charge is 0.504 e. The van der Waals surface area contributed by atoms with Crippen molar-refractivity contribution >= 4 is 17.4 Å². The van der Waals surface area contributed by atoms with Gasteiger partial charge in [-0.25, -0.2) is 4.98 Å². The van der Waals surface area contributed by atoms with Gasteiger partial charge >= 0.3 is 0 Å². The van der Waals surface area contributed by atoms with Gasteiger partial charge in [0, 0.05) is 24.5 Å². The zero-order chi connectivity index (χ0) is 33.7. The number of carbonyl (C=O) groups is 2. The molecule has 1 aromatic heterocycles. The minimum Gasteiger partial charge on any atom is -0.504 e. The number of ketones is 2. The molecule has 2 aromatic carbocycles. The number of aromatic hydroxyl groups is 1. The number of nitrogens with two attached hydrogens (primary N) is 1. The molecular formula is C42H50N2O4. The van der Waals surface area contributed by atoms with Crippen molar-refractivity contribution in [3.63, 3.8) is 0 Å². The molecule has 48 heavy (non-hydrogen) atoms. The number of aromatic nitrogens is 1. The summed E-state index contributed by atoms with van der Waals surface area (Å²) in [6, 6.07) is 17.8. The number of ether oxygens (including phenoxy) is 1. The minimum atomic E-state index is -0.331. The molecule has 6 rings (SSSR count). The second-order valence-electron chi connectivity index (χ2n) is 14.6. The Labute approximate surface area is 285 Å². The predicted octanol–water partition coefficient (Wildman–Crippen LogP) is 8.24. The van der Waals surface area contributed by atoms with Crippen molar-refractivity contribution in [2.75, 3.05) is 12.8 Å². The van der Waals surface area contributed by atoms with E-state index in [1.807, 2.05) is 30.3 Å². The molecule has 3 aliphatic carbocycles. The number of anilines is 1. The number of carbonyl (C=O) groups excluding carboxylic acids is 2. The number of hydrogen-bond acceptors (Lipinski definition) is 6. The van der Waals surface area contributed by atoms with Crippen LogP contribution in [0.5, 0.6) is 11.5 Å². The van der Waals surface area contributed by atoms with Crippen LogP contribution in [0.25, 0.3) is 0 Å². The maximum atomic E-state index is 14.3. The van der Waals surface area contributed by atoms with Gasteiger partial charge in [-0.05, 0) is 115 Å². The fourth-order valence-corrected chi connectivity index (χ4v) is 9.30. The molecule has 0 spiro atoms. The summed E-state index contributed by atoms with van der Waals surface area (Å²) < 4.78 is 5.46. The van der Waals surface area contributed by atoms with Crippen LogP contribution in [0.2, 0.25) is 0 Å². The maximum absolute atomic E-state index is 14.3. The summed E-state index contributed by atoms with van der Waals surface area (Å²) in [6.07, 6.45) is 13.2. The fourth-order valence-electron chi connectivity index (χ4n) is 9.30. The molecule has 0 aliphatic heterocycles. The van der Waals surface area contributed by atoms with Gasteiger partial charge in [0.2, 0.25) is 0 Å². The molecule has 3 aliphatic rings. The lowest BCUT2D eigenvalue weighted by Crippen LogP contribution is -2.33. The molecule has 0 saturated heterocycles. The van der Waals surface area contributed by atoms with Crippen LogP contribution in [-0.4, -0.2) is 28.8 Å². The molecular weight excluding hydrogens is 596 g/mol. The van der Waals surface area contributed by atoms with Crippen molar-refractivity contribution < 1.29 is 19.4 Å². The lowest BCUT2D eigenvalue weighted by molar-refractivity contribution is -0.130. The van der Waals surface area contributed by atoms with Crippen molar-refractivity contribution in [2.24, 2.45) is 29.1 Å². The van der Waals surface area contributed by atoms with Gasteiger partial charge in [-0.1, -0.05) is 68.4 Å². The van der Waals surface area contributed by atoms with E-state index in [0.29, 0.717) is 29.8 Å². The number of nitrogen functional groups attached to an aromatic ring is 1. The molecule has 252 valence electrons. The van der Waals surface area contributed by atoms with Crippen molar-refractivity contribution in [3.8, 4) is 23.3 Å². The van der Waals surface area contributed by atoms with E-state index >= 15 is 0 Å². The number of aryl methyl sites for hydroxylation is 1. The molecule has 5 unspecified atom stereocenters. The number of rotatable bonds is 7. The van der Waals surface area contributed by atoms with Crippen LogP contribution in [0.15, 0.2) is 60.8 Å². The van der Waals surface area contributed by atoms with E-state index in [4.69, 9.17) is 10.5 Å². The molecule has 6 heteroatoms. The zero-order valence-corrected chi connectivity index (χ0v) is 28.5. The molecule has 6 nitrogen and oxygen atoms in total. The highest BCUT2D eigenvalue weighted by Crippen LogP contribution is 2.55. The number of hydrogen-bond donors (Lipinski definition) is 2. The topological polar surface area (TPSA) is 103 Å². The van der Waals surface area contributed by atoms with Crippen LogP contribution in [0, 0.1) is 40.9 Å². The highest BCUT2D eigenvalue weighted by atomic mass is 16.5. The molecule has 0 radical (unpaired) electrons. The van der Waals surface area contributed by atoms with Gasteiger partial charge in [-0.15, -0.1) is 0 Å². The first-order valence-corrected chi connectivity index (χ1v) is 18.0. The summed E-state index contributed by atoms with van der Waals surface area (Å²) in [6.45, 7) is 2.29. The second kappa shape index (κ2) is 15.0. The first-order chi connectivity index (χ1) is 23.3. The van der Waals surface area contributed by atoms with E-state index in [2.05, 4.69) is 41.9 Å². The number of fused-ring (bicyclic) bond motifs is 2. The summed E-state index contributed by atoms with van der Waals surface area (Å²) in [5.41, 5.74) is 10.3. The molecule has 2 fully saturated rings. The fraction of sp³-hybridized carbons (Fsp3) is 0.500. The van der Waals surface area contributed by atoms with E-state index < -0.39 is 0 Å². The standard InChI is InChI=1S/C42H50N2O4/c1-3-16-42(17-7-8-18-42)33-22-29(20-28-15-19-44-41(43)23-28)21-31-12-14-35(30-9-5-4-6-10-30)36-27-39(47)40(48-2)24-32(36)11-13-34(45)26-38(46)37(31)25-33/h4-6,9-10,15,19,23-24,27,29,31,33,35,37,47H,3,7-8,11,13,16-18,20-22,25-26H2,1-2H3,(H2,43,44). The summed E-state index contributed by atoms with van der Waals surface area (Å²) in [5.74, 6) is 8.29. The third kappa shape index (κ3) is 7.46. The number of methoxy groups -OCH3 is 1. The molecule has 0 amide bonds. The van der Waals surface area contributed by atoms with E-state index in [-0.39, 0.29) is 53.3 Å². The zero-order valence-electron chi connectivity index (χ0n) is 28.5. The summed E-state index contributed by atoms with van der Waals surface area (Å²) in [5, 5.41) is 10.9. The van der Waals surface area contributed by atoms with E-state index in [9.17, 15) is 14.7 Å². The maximum Gasteiger partial charge on any atom is 0.160 e. The lowest BCUT2D eigenvalue weighted by Gasteiger charge is -2.40. The monoisotopic (exact) mass is 646 g/mol. The highest BCUT2D eigenvalue weighted by molar-refractivity contribution is 6.00. The second-order valence-corrected chi connectivity index (χ2v) is 14.6. The smallest absolute Gasteiger partial charge is 0.160 e. The Hall–Kier alpha value is -4.11. The lowest BCUT2D eigenvalue weighted by atomic mass is 9.65. The first-order valence-electron chi connectivity index (χ1n) is 18.0. The number of benzene rings is 2. The highest BCUT2D eigenvalue weighted by Gasteiger charge is 2.46. The number of Topliss-reactive ketones (excluding diaryl/α,β-unsaturated/α-hetero) is 2. The van der Waals surface area contributed by atoms with Crippen LogP contribution in [0.3, 0.4) is 0 Å². The third-order valence-corrected chi connectivity index (χ3v) is 11.6. The summed E-state index contributed by atoms with van der Waals surface area (Å²) >= 11 is 0. The van der Waals surface area contributed by atoms with Gasteiger partial charge in [-0.3, -0.25) is 9.59 Å². The van der Waals surface area contributed by atoms with Crippen LogP contribution >= 0.6 is 0 Å². The number of phenols is 1. The van der Waals surface area contributed by atoms with Gasteiger partial charge in [0.25, 0.3) is 0 Å². The van der Waals surface area contributed by atoms with Gasteiger partial charge in [0.05, 0.1) is 19.4 Å². The van der Waals surface area contributed by atoms with Crippen molar-refractivity contribution in [2.45, 2.75) is 96.3 Å². The molecule has 2 saturated carbocycles. The SMILES string of the molecule is CCCC1(C2CC(Cc3ccnc(N)c3)CC3C#CC(c4ccccc4)c4cc(O)c(OC)cc4CCC(=O)CC(=O)C3C2)CCCC1. The van der Waals surface area contributed by atoms with Crippen molar-refractivity contribution in [1.29, 1.82) is 0 Å².